The topological polar surface area (TPSA) is 63.2 Å². The molecule has 8 heteroatoms. The molecule has 3 saturated heterocycles. The summed E-state index contributed by atoms with van der Waals surface area (Å²) in [6.07, 6.45) is 5.17. The third-order valence-electron chi connectivity index (χ3n) is 9.00. The molecule has 0 amide bonds. The van der Waals surface area contributed by atoms with Crippen molar-refractivity contribution in [2.24, 2.45) is 0 Å². The third kappa shape index (κ3) is 6.54. The second-order valence-electron chi connectivity index (χ2n) is 13.6. The van der Waals surface area contributed by atoms with Gasteiger partial charge in [0, 0.05) is 6.42 Å². The highest BCUT2D eigenvalue weighted by molar-refractivity contribution is 6.74. The van der Waals surface area contributed by atoms with Crippen molar-refractivity contribution in [1.29, 1.82) is 0 Å². The second-order valence-corrected chi connectivity index (χ2v) is 23.2. The molecule has 0 N–H and O–H groups in total. The molecule has 3 rings (SSSR count). The molecule has 0 bridgehead atoms. The molecular formula is C26H50O6Si2. The molecule has 0 aromatic rings. The van der Waals surface area contributed by atoms with E-state index in [0.29, 0.717) is 13.0 Å². The van der Waals surface area contributed by atoms with E-state index in [1.807, 2.05) is 0 Å². The van der Waals surface area contributed by atoms with Crippen LogP contribution in [0.25, 0.3) is 0 Å². The molecule has 0 unspecified atom stereocenters. The first-order valence-corrected chi connectivity index (χ1v) is 19.1. The Morgan fingerprint density at radius 1 is 0.794 bits per heavy atom. The van der Waals surface area contributed by atoms with Crippen LogP contribution in [-0.4, -0.2) is 65.8 Å². The standard InChI is InChI=1S/C26H50O6Si2/c1-25(2,3)33(7,8)28-17-23(32-34(9,10)26(4,5)6)22-14-13-19(30-22)18-11-12-20(29-18)21-15-16-24(27)31-21/h18-23H,11-17H2,1-10H3/t18-,19+,20-,21-,22+,23+/m0/s1. The summed E-state index contributed by atoms with van der Waals surface area (Å²) in [6, 6.07) is 0. The highest BCUT2D eigenvalue weighted by atomic mass is 28.4. The number of cyclic esters (lactones) is 1. The Labute approximate surface area is 210 Å². The lowest BCUT2D eigenvalue weighted by molar-refractivity contribution is -0.149. The molecule has 3 aliphatic rings. The van der Waals surface area contributed by atoms with Gasteiger partial charge in [-0.3, -0.25) is 4.79 Å². The van der Waals surface area contributed by atoms with E-state index in [1.165, 1.54) is 0 Å². The first-order valence-electron chi connectivity index (χ1n) is 13.3. The largest absolute Gasteiger partial charge is 0.460 e. The predicted octanol–water partition coefficient (Wildman–Crippen LogP) is 6.20. The molecule has 3 aliphatic heterocycles. The quantitative estimate of drug-likeness (QED) is 0.284. The SMILES string of the molecule is CC(C)(C)[Si](C)(C)OC[C@@H](O[Si](C)(C)C(C)(C)C)[C@H]1CC[C@H]([C@@H]2CC[C@@H]([C@@H]3CCC(=O)O3)O2)O1. The van der Waals surface area contributed by atoms with Crippen molar-refractivity contribution in [3.05, 3.63) is 0 Å². The maximum atomic E-state index is 11.5. The van der Waals surface area contributed by atoms with Crippen LogP contribution in [0.3, 0.4) is 0 Å². The molecule has 34 heavy (non-hydrogen) atoms. The van der Waals surface area contributed by atoms with Crippen molar-refractivity contribution in [3.8, 4) is 0 Å². The van der Waals surface area contributed by atoms with Gasteiger partial charge in [0.05, 0.1) is 37.1 Å². The van der Waals surface area contributed by atoms with Gasteiger partial charge in [0.15, 0.2) is 16.6 Å². The van der Waals surface area contributed by atoms with Gasteiger partial charge in [-0.2, -0.15) is 0 Å². The summed E-state index contributed by atoms with van der Waals surface area (Å²) >= 11 is 0. The van der Waals surface area contributed by atoms with Gasteiger partial charge in [0.2, 0.25) is 0 Å². The summed E-state index contributed by atoms with van der Waals surface area (Å²) in [7, 11) is -3.89. The van der Waals surface area contributed by atoms with E-state index in [9.17, 15) is 4.79 Å². The van der Waals surface area contributed by atoms with Gasteiger partial charge in [-0.25, -0.2) is 0 Å². The number of hydrogen-bond donors (Lipinski definition) is 0. The van der Waals surface area contributed by atoms with E-state index in [2.05, 4.69) is 67.7 Å². The number of esters is 1. The molecule has 0 spiro atoms. The first kappa shape index (κ1) is 28.3. The van der Waals surface area contributed by atoms with Crippen LogP contribution >= 0.6 is 0 Å². The molecular weight excluding hydrogens is 464 g/mol. The van der Waals surface area contributed by atoms with Crippen molar-refractivity contribution in [2.45, 2.75) is 153 Å². The molecule has 0 aliphatic carbocycles. The van der Waals surface area contributed by atoms with Crippen molar-refractivity contribution in [2.75, 3.05) is 6.61 Å². The maximum absolute atomic E-state index is 11.5. The monoisotopic (exact) mass is 514 g/mol. The van der Waals surface area contributed by atoms with Crippen LogP contribution in [0.15, 0.2) is 0 Å². The minimum absolute atomic E-state index is 0.0142. The van der Waals surface area contributed by atoms with Crippen LogP contribution in [0.2, 0.25) is 36.3 Å². The zero-order chi connectivity index (χ0) is 25.5. The average Bonchev–Trinajstić information content (AvgIpc) is 3.42. The summed E-state index contributed by atoms with van der Waals surface area (Å²) in [5.74, 6) is -0.0958. The fourth-order valence-electron chi connectivity index (χ4n) is 4.56. The second kappa shape index (κ2) is 10.2. The summed E-state index contributed by atoms with van der Waals surface area (Å²) in [6.45, 7) is 23.5. The molecule has 0 aromatic carbocycles. The number of carbonyl (C=O) groups is 1. The number of carbonyl (C=O) groups excluding carboxylic acids is 1. The summed E-state index contributed by atoms with van der Waals surface area (Å²) in [4.78, 5) is 11.5. The first-order chi connectivity index (χ1) is 15.5. The molecule has 6 nitrogen and oxygen atoms in total. The Bertz CT molecular complexity index is 711. The van der Waals surface area contributed by atoms with Gasteiger partial charge in [-0.15, -0.1) is 0 Å². The summed E-state index contributed by atoms with van der Waals surface area (Å²) < 4.78 is 32.1. The smallest absolute Gasteiger partial charge is 0.306 e. The zero-order valence-electron chi connectivity index (χ0n) is 23.4. The Hall–Kier alpha value is -0.256. The van der Waals surface area contributed by atoms with E-state index in [-0.39, 0.29) is 52.7 Å². The van der Waals surface area contributed by atoms with Crippen molar-refractivity contribution >= 4 is 22.6 Å². The van der Waals surface area contributed by atoms with Gasteiger partial charge >= 0.3 is 5.97 Å². The minimum atomic E-state index is -1.99. The average molecular weight is 515 g/mol. The zero-order valence-corrected chi connectivity index (χ0v) is 25.4. The molecule has 198 valence electrons. The van der Waals surface area contributed by atoms with Crippen molar-refractivity contribution in [1.82, 2.24) is 0 Å². The van der Waals surface area contributed by atoms with Gasteiger partial charge in [-0.05, 0) is 68.4 Å². The highest BCUT2D eigenvalue weighted by Gasteiger charge is 2.47. The van der Waals surface area contributed by atoms with E-state index < -0.39 is 16.6 Å². The molecule has 6 atom stereocenters. The predicted molar refractivity (Wildman–Crippen MR) is 140 cm³/mol. The van der Waals surface area contributed by atoms with E-state index in [4.69, 9.17) is 23.1 Å². The normalized spacial score (nSPS) is 32.3. The Kier molecular flexibility index (Phi) is 8.53. The minimum Gasteiger partial charge on any atom is -0.460 e. The maximum Gasteiger partial charge on any atom is 0.306 e. The lowest BCUT2D eigenvalue weighted by Crippen LogP contribution is -2.51. The van der Waals surface area contributed by atoms with Crippen LogP contribution in [0.5, 0.6) is 0 Å². The number of hydrogen-bond acceptors (Lipinski definition) is 6. The van der Waals surface area contributed by atoms with Crippen LogP contribution in [0.4, 0.5) is 0 Å². The number of ether oxygens (including phenoxy) is 3. The van der Waals surface area contributed by atoms with E-state index in [0.717, 1.165) is 32.1 Å². The Morgan fingerprint density at radius 3 is 1.85 bits per heavy atom. The van der Waals surface area contributed by atoms with Crippen LogP contribution in [-0.2, 0) is 27.9 Å². The lowest BCUT2D eigenvalue weighted by atomic mass is 10.0. The summed E-state index contributed by atoms with van der Waals surface area (Å²) in [5.41, 5.74) is 0. The molecule has 0 aromatic heterocycles. The van der Waals surface area contributed by atoms with E-state index in [1.54, 1.807) is 0 Å². The van der Waals surface area contributed by atoms with Crippen LogP contribution in [0, 0.1) is 0 Å². The molecule has 0 saturated carbocycles. The molecule has 3 fully saturated rings. The highest BCUT2D eigenvalue weighted by Crippen LogP contribution is 2.42. The summed E-state index contributed by atoms with van der Waals surface area (Å²) in [5, 5.41) is 0.282. The molecule has 3 heterocycles. The van der Waals surface area contributed by atoms with Gasteiger partial charge in [0.1, 0.15) is 6.10 Å². The van der Waals surface area contributed by atoms with Crippen LogP contribution < -0.4 is 0 Å². The Morgan fingerprint density at radius 2 is 1.32 bits per heavy atom. The van der Waals surface area contributed by atoms with Crippen molar-refractivity contribution in [3.63, 3.8) is 0 Å². The lowest BCUT2D eigenvalue weighted by Gasteiger charge is -2.43. The van der Waals surface area contributed by atoms with E-state index >= 15 is 0 Å². The Balaban J connectivity index is 1.64. The fourth-order valence-corrected chi connectivity index (χ4v) is 6.90. The van der Waals surface area contributed by atoms with Crippen molar-refractivity contribution < 1.29 is 27.9 Å². The molecule has 0 radical (unpaired) electrons. The third-order valence-corrected chi connectivity index (χ3v) is 18.0. The number of rotatable bonds is 8. The van der Waals surface area contributed by atoms with Gasteiger partial charge < -0.3 is 23.1 Å². The van der Waals surface area contributed by atoms with Gasteiger partial charge in [-0.1, -0.05) is 41.5 Å². The van der Waals surface area contributed by atoms with Crippen LogP contribution in [0.1, 0.15) is 80.1 Å². The fraction of sp³-hybridized carbons (Fsp3) is 0.962. The van der Waals surface area contributed by atoms with Gasteiger partial charge in [0.25, 0.3) is 0 Å².